The zero-order valence-corrected chi connectivity index (χ0v) is 21.4. The molecule has 3 aromatic carbocycles. The lowest BCUT2D eigenvalue weighted by molar-refractivity contribution is -0.118. The normalized spacial score (nSPS) is 11.0. The van der Waals surface area contributed by atoms with Crippen LogP contribution in [0.4, 0.5) is 14.9 Å². The summed E-state index contributed by atoms with van der Waals surface area (Å²) >= 11 is 5.87. The molecule has 3 aromatic rings. The molecule has 0 heterocycles. The molecule has 0 saturated heterocycles. The summed E-state index contributed by atoms with van der Waals surface area (Å²) in [5.74, 6) is -0.799. The molecule has 37 heavy (non-hydrogen) atoms. The highest BCUT2D eigenvalue weighted by Crippen LogP contribution is 2.22. The predicted octanol–water partition coefficient (Wildman–Crippen LogP) is 3.10. The second-order valence-electron chi connectivity index (χ2n) is 7.16. The summed E-state index contributed by atoms with van der Waals surface area (Å²) < 4.78 is 64.0. The van der Waals surface area contributed by atoms with Crippen LogP contribution in [0.5, 0.6) is 5.75 Å². The second kappa shape index (κ2) is 12.5. The number of nitrogens with two attached hydrogens (primary N) is 1. The topological polar surface area (TPSA) is 182 Å². The van der Waals surface area contributed by atoms with E-state index >= 15 is 0 Å². The van der Waals surface area contributed by atoms with Gasteiger partial charge in [0.1, 0.15) is 16.5 Å². The summed E-state index contributed by atoms with van der Waals surface area (Å²) in [6, 6.07) is 15.0. The number of rotatable bonds is 7. The molecule has 0 aliphatic heterocycles. The van der Waals surface area contributed by atoms with Gasteiger partial charge in [-0.15, -0.1) is 0 Å². The van der Waals surface area contributed by atoms with Crippen molar-refractivity contribution in [3.8, 4) is 5.75 Å². The predicted molar refractivity (Wildman–Crippen MR) is 133 cm³/mol. The molecular weight excluding hydrogens is 553 g/mol. The fourth-order valence-electron chi connectivity index (χ4n) is 2.64. The first kappa shape index (κ1) is 29.5. The van der Waals surface area contributed by atoms with Gasteiger partial charge in [0.25, 0.3) is 15.9 Å². The van der Waals surface area contributed by atoms with Crippen LogP contribution in [0.25, 0.3) is 0 Å². The monoisotopic (exact) mass is 573 g/mol. The van der Waals surface area contributed by atoms with E-state index in [1.807, 2.05) is 6.92 Å². The zero-order valence-electron chi connectivity index (χ0n) is 19.0. The van der Waals surface area contributed by atoms with E-state index in [0.717, 1.165) is 17.7 Å². The molecule has 11 nitrogen and oxygen atoms in total. The number of aryl methyl sites for hydroxylation is 1. The van der Waals surface area contributed by atoms with Gasteiger partial charge in [-0.2, -0.15) is 0 Å². The number of ether oxygens (including phenoxy) is 1. The number of benzene rings is 3. The van der Waals surface area contributed by atoms with Crippen LogP contribution in [0, 0.1) is 12.7 Å². The van der Waals surface area contributed by atoms with Crippen molar-refractivity contribution in [2.45, 2.75) is 16.7 Å². The number of halogens is 2. The third kappa shape index (κ3) is 9.34. The first-order valence-corrected chi connectivity index (χ1v) is 13.4. The first-order chi connectivity index (χ1) is 17.2. The van der Waals surface area contributed by atoms with Crippen LogP contribution in [0.3, 0.4) is 0 Å². The van der Waals surface area contributed by atoms with E-state index in [0.29, 0.717) is 16.5 Å². The Balaban J connectivity index is 0.000000364. The Morgan fingerprint density at radius 3 is 2.19 bits per heavy atom. The molecule has 0 radical (unpaired) electrons. The van der Waals surface area contributed by atoms with Gasteiger partial charge in [-0.05, 0) is 61.0 Å². The lowest BCUT2D eigenvalue weighted by atomic mass is 10.2. The van der Waals surface area contributed by atoms with E-state index in [1.165, 1.54) is 41.1 Å². The van der Waals surface area contributed by atoms with Gasteiger partial charge < -0.3 is 15.2 Å². The van der Waals surface area contributed by atoms with Crippen LogP contribution in [-0.4, -0.2) is 40.5 Å². The van der Waals surface area contributed by atoms with Crippen molar-refractivity contribution >= 4 is 49.3 Å². The molecule has 15 heteroatoms. The van der Waals surface area contributed by atoms with Crippen LogP contribution in [0.1, 0.15) is 5.56 Å². The molecule has 2 amide bonds. The first-order valence-electron chi connectivity index (χ1n) is 10.0. The lowest BCUT2D eigenvalue weighted by Gasteiger charge is -2.10. The maximum absolute atomic E-state index is 12.6. The highest BCUT2D eigenvalue weighted by molar-refractivity contribution is 7.90. The number of carboxylic acid groups (broad SMARTS) is 1. The van der Waals surface area contributed by atoms with Gasteiger partial charge in [-0.25, -0.2) is 35.9 Å². The van der Waals surface area contributed by atoms with Crippen molar-refractivity contribution in [1.29, 1.82) is 0 Å². The number of amides is 2. The molecule has 0 bridgehead atoms. The van der Waals surface area contributed by atoms with Crippen molar-refractivity contribution in [2.75, 3.05) is 11.9 Å². The van der Waals surface area contributed by atoms with Crippen LogP contribution >= 0.6 is 11.6 Å². The SMILES string of the molecule is Cc1ccc(Cl)cc1OCC(=O)Nc1ccc(S(=O)(=O)NC(=O)O)cc1.NS(=O)(=O)c1ccccc1F. The van der Waals surface area contributed by atoms with Crippen molar-refractivity contribution in [1.82, 2.24) is 4.72 Å². The van der Waals surface area contributed by atoms with Gasteiger partial charge >= 0.3 is 6.09 Å². The highest BCUT2D eigenvalue weighted by Gasteiger charge is 2.17. The molecule has 0 aromatic heterocycles. The molecule has 0 fully saturated rings. The number of carbonyl (C=O) groups is 2. The van der Waals surface area contributed by atoms with E-state index in [9.17, 15) is 30.8 Å². The number of primary sulfonamides is 1. The Morgan fingerprint density at radius 2 is 1.65 bits per heavy atom. The molecule has 0 aliphatic rings. The Labute approximate surface area is 217 Å². The van der Waals surface area contributed by atoms with Gasteiger partial charge in [-0.1, -0.05) is 29.8 Å². The quantitative estimate of drug-likeness (QED) is 0.332. The number of hydrogen-bond donors (Lipinski definition) is 4. The Kier molecular flexibility index (Phi) is 9.96. The van der Waals surface area contributed by atoms with Gasteiger partial charge in [0.2, 0.25) is 10.0 Å². The highest BCUT2D eigenvalue weighted by atomic mass is 35.5. The Bertz CT molecular complexity index is 1500. The maximum Gasteiger partial charge on any atom is 0.418 e. The fourth-order valence-corrected chi connectivity index (χ4v) is 4.25. The molecule has 0 atom stereocenters. The largest absolute Gasteiger partial charge is 0.483 e. The van der Waals surface area contributed by atoms with Gasteiger partial charge in [0.15, 0.2) is 6.61 Å². The molecule has 0 aliphatic carbocycles. The summed E-state index contributed by atoms with van der Waals surface area (Å²) in [5.41, 5.74) is 1.15. The van der Waals surface area contributed by atoms with E-state index in [4.69, 9.17) is 21.4 Å². The number of anilines is 1. The summed E-state index contributed by atoms with van der Waals surface area (Å²) in [7, 11) is -8.07. The van der Waals surface area contributed by atoms with E-state index < -0.39 is 42.8 Å². The average Bonchev–Trinajstić information content (AvgIpc) is 2.79. The molecule has 0 spiro atoms. The Morgan fingerprint density at radius 1 is 1.03 bits per heavy atom. The summed E-state index contributed by atoms with van der Waals surface area (Å²) in [5, 5.41) is 16.2. The minimum absolute atomic E-state index is 0.247. The summed E-state index contributed by atoms with van der Waals surface area (Å²) in [6.07, 6.45) is -1.68. The van der Waals surface area contributed by atoms with E-state index in [1.54, 1.807) is 18.2 Å². The lowest BCUT2D eigenvalue weighted by Crippen LogP contribution is -2.28. The molecular formula is C22H21ClFN3O8S2. The summed E-state index contributed by atoms with van der Waals surface area (Å²) in [4.78, 5) is 21.7. The van der Waals surface area contributed by atoms with Crippen molar-refractivity contribution in [2.24, 2.45) is 5.14 Å². The van der Waals surface area contributed by atoms with Gasteiger partial charge in [0.05, 0.1) is 4.90 Å². The minimum atomic E-state index is -4.16. The minimum Gasteiger partial charge on any atom is -0.483 e. The average molecular weight is 574 g/mol. The van der Waals surface area contributed by atoms with E-state index in [2.05, 4.69) is 10.5 Å². The molecule has 3 rings (SSSR count). The van der Waals surface area contributed by atoms with Crippen molar-refractivity contribution in [3.63, 3.8) is 0 Å². The standard InChI is InChI=1S/C16H15ClN2O6S.C6H6FNO2S/c1-10-2-3-11(17)8-14(10)25-9-15(20)18-12-4-6-13(7-5-12)26(23,24)19-16(21)22;7-5-3-1-2-4-6(5)11(8,9)10/h2-8,19H,9H2,1H3,(H,18,20)(H,21,22);1-4H,(H2,8,9,10). The third-order valence-electron chi connectivity index (χ3n) is 4.32. The van der Waals surface area contributed by atoms with Crippen LogP contribution < -0.4 is 19.9 Å². The summed E-state index contributed by atoms with van der Waals surface area (Å²) in [6.45, 7) is 1.55. The van der Waals surface area contributed by atoms with Gasteiger partial charge in [-0.3, -0.25) is 4.79 Å². The van der Waals surface area contributed by atoms with Crippen molar-refractivity contribution in [3.05, 3.63) is 83.1 Å². The number of hydrogen-bond acceptors (Lipinski definition) is 7. The molecule has 198 valence electrons. The number of nitrogens with one attached hydrogen (secondary N) is 2. The fraction of sp³-hybridized carbons (Fsp3) is 0.0909. The third-order valence-corrected chi connectivity index (χ3v) is 6.84. The maximum atomic E-state index is 12.6. The molecule has 5 N–H and O–H groups in total. The van der Waals surface area contributed by atoms with Crippen LogP contribution in [-0.2, 0) is 24.8 Å². The van der Waals surface area contributed by atoms with Crippen LogP contribution in [0.2, 0.25) is 5.02 Å². The Hall–Kier alpha value is -3.72. The second-order valence-corrected chi connectivity index (χ2v) is 10.8. The van der Waals surface area contributed by atoms with Gasteiger partial charge in [0, 0.05) is 10.7 Å². The smallest absolute Gasteiger partial charge is 0.418 e. The number of carbonyl (C=O) groups excluding carboxylic acids is 1. The van der Waals surface area contributed by atoms with Crippen LogP contribution in [0.15, 0.2) is 76.5 Å². The zero-order chi connectivity index (χ0) is 27.8. The van der Waals surface area contributed by atoms with Crippen molar-refractivity contribution < 1.29 is 40.7 Å². The number of sulfonamides is 2. The molecule has 0 unspecified atom stereocenters. The van der Waals surface area contributed by atoms with E-state index in [-0.39, 0.29) is 11.5 Å². The molecule has 0 saturated carbocycles.